The van der Waals surface area contributed by atoms with E-state index in [-0.39, 0.29) is 0 Å². The Balaban J connectivity index is 1.79. The van der Waals surface area contributed by atoms with Crippen LogP contribution in [0.25, 0.3) is 0 Å². The first-order valence-electron chi connectivity index (χ1n) is 8.63. The molecule has 3 aromatic carbocycles. The number of amides is 1. The number of hydrogen-bond acceptors (Lipinski definition) is 4. The summed E-state index contributed by atoms with van der Waals surface area (Å²) in [4.78, 5) is 11.9. The second-order valence-electron chi connectivity index (χ2n) is 6.02. The maximum atomic E-state index is 11.9. The SMILES string of the molecule is COc1ccc(CNc2c(OCc3ccccc3)cccc2C(N)=O)cc1. The first-order valence-corrected chi connectivity index (χ1v) is 8.63. The van der Waals surface area contributed by atoms with Crippen LogP contribution >= 0.6 is 0 Å². The molecule has 0 unspecified atom stereocenters. The number of nitrogens with one attached hydrogen (secondary N) is 1. The first kappa shape index (κ1) is 18.3. The van der Waals surface area contributed by atoms with Crippen molar-refractivity contribution >= 4 is 11.6 Å². The minimum Gasteiger partial charge on any atom is -0.497 e. The van der Waals surface area contributed by atoms with Gasteiger partial charge in [0.05, 0.1) is 18.4 Å². The van der Waals surface area contributed by atoms with E-state index in [2.05, 4.69) is 5.32 Å². The lowest BCUT2D eigenvalue weighted by Gasteiger charge is -2.16. The van der Waals surface area contributed by atoms with Crippen LogP contribution in [0, 0.1) is 0 Å². The fourth-order valence-electron chi connectivity index (χ4n) is 2.71. The van der Waals surface area contributed by atoms with Gasteiger partial charge in [0.25, 0.3) is 5.91 Å². The van der Waals surface area contributed by atoms with Crippen molar-refractivity contribution in [1.82, 2.24) is 0 Å². The number of primary amides is 1. The zero-order chi connectivity index (χ0) is 19.1. The Labute approximate surface area is 158 Å². The van der Waals surface area contributed by atoms with Crippen molar-refractivity contribution < 1.29 is 14.3 Å². The topological polar surface area (TPSA) is 73.6 Å². The smallest absolute Gasteiger partial charge is 0.250 e. The van der Waals surface area contributed by atoms with E-state index in [1.165, 1.54) is 0 Å². The van der Waals surface area contributed by atoms with Gasteiger partial charge in [-0.3, -0.25) is 4.79 Å². The molecule has 3 aromatic rings. The number of carbonyl (C=O) groups excluding carboxylic acids is 1. The number of rotatable bonds is 8. The Morgan fingerprint density at radius 1 is 0.926 bits per heavy atom. The molecule has 0 fully saturated rings. The summed E-state index contributed by atoms with van der Waals surface area (Å²) in [6, 6.07) is 22.8. The molecule has 3 N–H and O–H groups in total. The monoisotopic (exact) mass is 362 g/mol. The lowest BCUT2D eigenvalue weighted by atomic mass is 10.1. The summed E-state index contributed by atoms with van der Waals surface area (Å²) in [5, 5.41) is 3.29. The van der Waals surface area contributed by atoms with E-state index < -0.39 is 5.91 Å². The second-order valence-corrected chi connectivity index (χ2v) is 6.02. The molecule has 0 aliphatic carbocycles. The van der Waals surface area contributed by atoms with Crippen LogP contribution in [0.2, 0.25) is 0 Å². The number of para-hydroxylation sites is 1. The standard InChI is InChI=1S/C22H22N2O3/c1-26-18-12-10-16(11-13-18)14-24-21-19(22(23)25)8-5-9-20(21)27-15-17-6-3-2-4-7-17/h2-13,24H,14-15H2,1H3,(H2,23,25). The molecule has 0 radical (unpaired) electrons. The van der Waals surface area contributed by atoms with E-state index in [1.54, 1.807) is 19.2 Å². The summed E-state index contributed by atoms with van der Waals surface area (Å²) in [5.41, 5.74) is 8.63. The van der Waals surface area contributed by atoms with Crippen LogP contribution in [0.1, 0.15) is 21.5 Å². The van der Waals surface area contributed by atoms with Gasteiger partial charge in [-0.15, -0.1) is 0 Å². The molecule has 0 aromatic heterocycles. The van der Waals surface area contributed by atoms with Gasteiger partial charge in [0.15, 0.2) is 0 Å². The summed E-state index contributed by atoms with van der Waals surface area (Å²) < 4.78 is 11.1. The lowest BCUT2D eigenvalue weighted by molar-refractivity contribution is 0.100. The minimum absolute atomic E-state index is 0.397. The third kappa shape index (κ3) is 4.79. The maximum absolute atomic E-state index is 11.9. The molecule has 0 saturated carbocycles. The molecule has 5 nitrogen and oxygen atoms in total. The van der Waals surface area contributed by atoms with Gasteiger partial charge < -0.3 is 20.5 Å². The van der Waals surface area contributed by atoms with Crippen molar-refractivity contribution in [3.8, 4) is 11.5 Å². The highest BCUT2D eigenvalue weighted by molar-refractivity contribution is 5.99. The van der Waals surface area contributed by atoms with Gasteiger partial charge in [-0.05, 0) is 35.4 Å². The zero-order valence-electron chi connectivity index (χ0n) is 15.1. The van der Waals surface area contributed by atoms with E-state index in [9.17, 15) is 4.79 Å². The molecule has 0 aliphatic heterocycles. The lowest BCUT2D eigenvalue weighted by Crippen LogP contribution is -2.15. The van der Waals surface area contributed by atoms with Crippen molar-refractivity contribution in [2.24, 2.45) is 5.73 Å². The van der Waals surface area contributed by atoms with Crippen LogP contribution in [0.5, 0.6) is 11.5 Å². The number of benzene rings is 3. The highest BCUT2D eigenvalue weighted by atomic mass is 16.5. The molecule has 138 valence electrons. The number of carbonyl (C=O) groups is 1. The predicted molar refractivity (Wildman–Crippen MR) is 106 cm³/mol. The third-order valence-electron chi connectivity index (χ3n) is 4.16. The third-order valence-corrected chi connectivity index (χ3v) is 4.16. The molecule has 0 saturated heterocycles. The van der Waals surface area contributed by atoms with Gasteiger partial charge in [0.2, 0.25) is 0 Å². The first-order chi connectivity index (χ1) is 13.2. The number of nitrogens with two attached hydrogens (primary N) is 1. The van der Waals surface area contributed by atoms with E-state index in [4.69, 9.17) is 15.2 Å². The summed E-state index contributed by atoms with van der Waals surface area (Å²) >= 11 is 0. The van der Waals surface area contributed by atoms with Crippen LogP contribution in [-0.4, -0.2) is 13.0 Å². The van der Waals surface area contributed by atoms with Gasteiger partial charge >= 0.3 is 0 Å². The Hall–Kier alpha value is -3.47. The average molecular weight is 362 g/mol. The Kier molecular flexibility index (Phi) is 5.94. The molecular formula is C22H22N2O3. The highest BCUT2D eigenvalue weighted by Gasteiger charge is 2.14. The molecule has 0 spiro atoms. The largest absolute Gasteiger partial charge is 0.497 e. The van der Waals surface area contributed by atoms with Crippen LogP contribution in [0.3, 0.4) is 0 Å². The number of methoxy groups -OCH3 is 1. The maximum Gasteiger partial charge on any atom is 0.250 e. The number of ether oxygens (including phenoxy) is 2. The van der Waals surface area contributed by atoms with Crippen molar-refractivity contribution in [2.75, 3.05) is 12.4 Å². The Morgan fingerprint density at radius 3 is 2.33 bits per heavy atom. The normalized spacial score (nSPS) is 10.3. The van der Waals surface area contributed by atoms with Crippen molar-refractivity contribution in [3.63, 3.8) is 0 Å². The molecular weight excluding hydrogens is 340 g/mol. The van der Waals surface area contributed by atoms with Gasteiger partial charge in [-0.25, -0.2) is 0 Å². The minimum atomic E-state index is -0.502. The molecule has 3 rings (SSSR count). The molecule has 0 aliphatic rings. The van der Waals surface area contributed by atoms with E-state index in [0.29, 0.717) is 30.2 Å². The quantitative estimate of drug-likeness (QED) is 0.635. The molecule has 1 amide bonds. The van der Waals surface area contributed by atoms with Gasteiger partial charge in [-0.2, -0.15) is 0 Å². The fourth-order valence-corrected chi connectivity index (χ4v) is 2.71. The van der Waals surface area contributed by atoms with Crippen LogP contribution in [0.4, 0.5) is 5.69 Å². The van der Waals surface area contributed by atoms with E-state index in [0.717, 1.165) is 16.9 Å². The number of anilines is 1. The Morgan fingerprint density at radius 2 is 1.67 bits per heavy atom. The molecule has 5 heteroatoms. The predicted octanol–water partition coefficient (Wildman–Crippen LogP) is 3.99. The zero-order valence-corrected chi connectivity index (χ0v) is 15.1. The van der Waals surface area contributed by atoms with Crippen molar-refractivity contribution in [3.05, 3.63) is 89.5 Å². The van der Waals surface area contributed by atoms with Crippen LogP contribution < -0.4 is 20.5 Å². The van der Waals surface area contributed by atoms with E-state index in [1.807, 2.05) is 60.7 Å². The Bertz CT molecular complexity index is 893. The second kappa shape index (κ2) is 8.76. The molecule has 0 atom stereocenters. The number of hydrogen-bond donors (Lipinski definition) is 2. The van der Waals surface area contributed by atoms with Gasteiger partial charge in [-0.1, -0.05) is 48.5 Å². The molecule has 27 heavy (non-hydrogen) atoms. The molecule has 0 bridgehead atoms. The van der Waals surface area contributed by atoms with Gasteiger partial charge in [0, 0.05) is 6.54 Å². The fraction of sp³-hybridized carbons (Fsp3) is 0.136. The summed E-state index contributed by atoms with van der Waals surface area (Å²) in [5.74, 6) is 0.879. The van der Waals surface area contributed by atoms with Crippen LogP contribution in [0.15, 0.2) is 72.8 Å². The highest BCUT2D eigenvalue weighted by Crippen LogP contribution is 2.30. The summed E-state index contributed by atoms with van der Waals surface area (Å²) in [6.45, 7) is 0.927. The summed E-state index contributed by atoms with van der Waals surface area (Å²) in [6.07, 6.45) is 0. The van der Waals surface area contributed by atoms with Crippen molar-refractivity contribution in [1.29, 1.82) is 0 Å². The van der Waals surface area contributed by atoms with E-state index >= 15 is 0 Å². The summed E-state index contributed by atoms with van der Waals surface area (Å²) in [7, 11) is 1.63. The van der Waals surface area contributed by atoms with Crippen LogP contribution in [-0.2, 0) is 13.2 Å². The average Bonchev–Trinajstić information content (AvgIpc) is 2.71. The van der Waals surface area contributed by atoms with Gasteiger partial charge in [0.1, 0.15) is 18.1 Å². The van der Waals surface area contributed by atoms with Crippen molar-refractivity contribution in [2.45, 2.75) is 13.2 Å². The molecule has 0 heterocycles.